The zero-order valence-electron chi connectivity index (χ0n) is 20.5. The van der Waals surface area contributed by atoms with Gasteiger partial charge in [-0.15, -0.1) is 17.5 Å². The second-order valence-corrected chi connectivity index (χ2v) is 9.47. The van der Waals surface area contributed by atoms with Gasteiger partial charge in [-0.2, -0.15) is 0 Å². The highest BCUT2D eigenvalue weighted by Crippen LogP contribution is 2.29. The van der Waals surface area contributed by atoms with E-state index in [0.29, 0.717) is 34.8 Å². The Morgan fingerprint density at radius 3 is 2.68 bits per heavy atom. The topological polar surface area (TPSA) is 94.9 Å². The maximum absolute atomic E-state index is 13.7. The molecule has 0 bridgehead atoms. The number of rotatable bonds is 7. The van der Waals surface area contributed by atoms with Gasteiger partial charge >= 0.3 is 0 Å². The number of hydrogen-bond acceptors (Lipinski definition) is 6. The van der Waals surface area contributed by atoms with Crippen molar-refractivity contribution in [3.8, 4) is 5.75 Å². The van der Waals surface area contributed by atoms with Crippen LogP contribution in [0.1, 0.15) is 34.3 Å². The highest BCUT2D eigenvalue weighted by atomic mass is 35.5. The Bertz CT molecular complexity index is 1480. The Morgan fingerprint density at radius 2 is 1.92 bits per heavy atom. The first-order valence-electron chi connectivity index (χ1n) is 12.0. The molecule has 1 fully saturated rings. The second-order valence-electron chi connectivity index (χ2n) is 9.07. The SMILES string of the molecule is COc1ccccc1C(=O)Cn1ccn2nc(N3CCC[C@@H](N)C3)c(Cc3ccccc3Cl)c2c1=O.Cl. The second kappa shape index (κ2) is 11.4. The molecule has 0 saturated carbocycles. The number of carbonyl (C=O) groups is 1. The number of benzene rings is 2. The normalized spacial score (nSPS) is 15.4. The Kier molecular flexibility index (Phi) is 8.22. The van der Waals surface area contributed by atoms with Crippen molar-refractivity contribution >= 4 is 41.1 Å². The molecule has 0 radical (unpaired) electrons. The van der Waals surface area contributed by atoms with E-state index >= 15 is 0 Å². The Morgan fingerprint density at radius 1 is 1.16 bits per heavy atom. The van der Waals surface area contributed by atoms with Crippen molar-refractivity contribution in [2.75, 3.05) is 25.1 Å². The van der Waals surface area contributed by atoms with Crippen LogP contribution in [-0.2, 0) is 13.0 Å². The lowest BCUT2D eigenvalue weighted by atomic mass is 10.0. The van der Waals surface area contributed by atoms with Crippen molar-refractivity contribution in [1.29, 1.82) is 0 Å². The molecule has 8 nitrogen and oxygen atoms in total. The number of Topliss-reactive ketones (excluding diaryl/α,β-unsaturated/α-hetero) is 1. The van der Waals surface area contributed by atoms with Crippen LogP contribution in [0.4, 0.5) is 5.82 Å². The molecule has 0 amide bonds. The zero-order valence-corrected chi connectivity index (χ0v) is 22.0. The molecule has 1 atom stereocenters. The summed E-state index contributed by atoms with van der Waals surface area (Å²) in [6, 6.07) is 14.6. The summed E-state index contributed by atoms with van der Waals surface area (Å²) < 4.78 is 8.36. The maximum Gasteiger partial charge on any atom is 0.277 e. The van der Waals surface area contributed by atoms with Crippen molar-refractivity contribution in [3.05, 3.63) is 93.0 Å². The summed E-state index contributed by atoms with van der Waals surface area (Å²) >= 11 is 6.49. The summed E-state index contributed by atoms with van der Waals surface area (Å²) in [5.41, 5.74) is 8.51. The lowest BCUT2D eigenvalue weighted by molar-refractivity contribution is 0.0968. The first-order chi connectivity index (χ1) is 17.5. The number of ketones is 1. The van der Waals surface area contributed by atoms with Gasteiger partial charge in [0.2, 0.25) is 0 Å². The van der Waals surface area contributed by atoms with E-state index in [-0.39, 0.29) is 36.3 Å². The summed E-state index contributed by atoms with van der Waals surface area (Å²) in [5.74, 6) is 0.994. The smallest absolute Gasteiger partial charge is 0.277 e. The number of carbonyl (C=O) groups excluding carboxylic acids is 1. The molecule has 10 heteroatoms. The van der Waals surface area contributed by atoms with E-state index in [1.807, 2.05) is 24.3 Å². The van der Waals surface area contributed by atoms with E-state index in [2.05, 4.69) is 4.90 Å². The van der Waals surface area contributed by atoms with Gasteiger partial charge < -0.3 is 19.9 Å². The molecule has 4 aromatic rings. The Balaban J connectivity index is 0.00000320. The molecule has 194 valence electrons. The van der Waals surface area contributed by atoms with Crippen LogP contribution in [0.15, 0.2) is 65.7 Å². The number of anilines is 1. The van der Waals surface area contributed by atoms with Gasteiger partial charge in [0, 0.05) is 48.5 Å². The molecule has 2 N–H and O–H groups in total. The van der Waals surface area contributed by atoms with Crippen molar-refractivity contribution in [2.45, 2.75) is 31.8 Å². The standard InChI is InChI=1S/C27H28ClN5O3.ClH/c1-36-24-11-5-3-9-20(24)23(34)17-32-13-14-33-25(27(32)35)21(15-18-7-2-4-10-22(18)28)26(30-33)31-12-6-8-19(29)16-31;/h2-5,7,9-11,13-14,19H,6,8,12,15-17,29H2,1H3;1H/t19-;/m1./s1. The van der Waals surface area contributed by atoms with E-state index in [9.17, 15) is 9.59 Å². The van der Waals surface area contributed by atoms with Crippen molar-refractivity contribution < 1.29 is 9.53 Å². The highest BCUT2D eigenvalue weighted by Gasteiger charge is 2.26. The third kappa shape index (κ3) is 5.37. The number of fused-ring (bicyclic) bond motifs is 1. The fraction of sp³-hybridized carbons (Fsp3) is 0.296. The Labute approximate surface area is 226 Å². The molecular weight excluding hydrogens is 513 g/mol. The lowest BCUT2D eigenvalue weighted by Crippen LogP contribution is -2.43. The summed E-state index contributed by atoms with van der Waals surface area (Å²) in [5, 5.41) is 5.41. The fourth-order valence-corrected chi connectivity index (χ4v) is 5.03. The van der Waals surface area contributed by atoms with Gasteiger partial charge in [0.15, 0.2) is 11.6 Å². The molecule has 0 unspecified atom stereocenters. The van der Waals surface area contributed by atoms with Gasteiger partial charge in [-0.1, -0.05) is 41.9 Å². The first kappa shape index (κ1) is 26.7. The Hall–Kier alpha value is -3.33. The fourth-order valence-electron chi connectivity index (χ4n) is 4.83. The summed E-state index contributed by atoms with van der Waals surface area (Å²) in [6.07, 6.45) is 5.67. The van der Waals surface area contributed by atoms with Crippen LogP contribution < -0.4 is 20.9 Å². The summed E-state index contributed by atoms with van der Waals surface area (Å²) in [6.45, 7) is 1.36. The van der Waals surface area contributed by atoms with Crippen LogP contribution in [0.5, 0.6) is 5.75 Å². The molecule has 37 heavy (non-hydrogen) atoms. The number of para-hydroxylation sites is 1. The van der Waals surface area contributed by atoms with E-state index in [1.54, 1.807) is 41.2 Å². The number of hydrogen-bond donors (Lipinski definition) is 1. The van der Waals surface area contributed by atoms with Gasteiger partial charge in [0.1, 0.15) is 11.3 Å². The lowest BCUT2D eigenvalue weighted by Gasteiger charge is -2.31. The molecular formula is C27H29Cl2N5O3. The van der Waals surface area contributed by atoms with Crippen molar-refractivity contribution in [2.24, 2.45) is 5.73 Å². The van der Waals surface area contributed by atoms with Crippen LogP contribution in [0, 0.1) is 0 Å². The molecule has 0 aliphatic carbocycles. The molecule has 1 saturated heterocycles. The van der Waals surface area contributed by atoms with E-state index in [4.69, 9.17) is 27.2 Å². The zero-order chi connectivity index (χ0) is 25.2. The van der Waals surface area contributed by atoms with E-state index in [0.717, 1.165) is 36.3 Å². The van der Waals surface area contributed by atoms with E-state index in [1.165, 1.54) is 11.7 Å². The van der Waals surface area contributed by atoms with Crippen molar-refractivity contribution in [3.63, 3.8) is 0 Å². The average Bonchev–Trinajstić information content (AvgIpc) is 3.26. The van der Waals surface area contributed by atoms with Crippen molar-refractivity contribution in [1.82, 2.24) is 14.2 Å². The number of methoxy groups -OCH3 is 1. The van der Waals surface area contributed by atoms with Crippen LogP contribution >= 0.6 is 24.0 Å². The number of ether oxygens (including phenoxy) is 1. The number of piperidine rings is 1. The highest BCUT2D eigenvalue weighted by molar-refractivity contribution is 6.31. The molecule has 1 aliphatic heterocycles. The molecule has 0 spiro atoms. The molecule has 1 aliphatic rings. The minimum Gasteiger partial charge on any atom is -0.496 e. The van der Waals surface area contributed by atoms with Crippen LogP contribution in [-0.4, -0.2) is 46.2 Å². The third-order valence-corrected chi connectivity index (χ3v) is 7.01. The molecule has 3 heterocycles. The quantitative estimate of drug-likeness (QED) is 0.355. The van der Waals surface area contributed by atoms with Gasteiger partial charge in [0.25, 0.3) is 5.56 Å². The van der Waals surface area contributed by atoms with Gasteiger partial charge in [-0.25, -0.2) is 4.52 Å². The number of nitrogens with zero attached hydrogens (tertiary/aromatic N) is 4. The third-order valence-electron chi connectivity index (χ3n) is 6.64. The average molecular weight is 542 g/mol. The first-order valence-corrected chi connectivity index (χ1v) is 12.3. The van der Waals surface area contributed by atoms with Gasteiger partial charge in [-0.05, 0) is 36.6 Å². The largest absolute Gasteiger partial charge is 0.496 e. The molecule has 2 aromatic carbocycles. The van der Waals surface area contributed by atoms with Crippen LogP contribution in [0.2, 0.25) is 5.02 Å². The number of halogens is 2. The van der Waals surface area contributed by atoms with Crippen LogP contribution in [0.3, 0.4) is 0 Å². The summed E-state index contributed by atoms with van der Waals surface area (Å²) in [7, 11) is 1.52. The molecule has 5 rings (SSSR count). The van der Waals surface area contributed by atoms with E-state index < -0.39 is 0 Å². The van der Waals surface area contributed by atoms with Gasteiger partial charge in [-0.3, -0.25) is 9.59 Å². The number of nitrogens with two attached hydrogens (primary N) is 1. The maximum atomic E-state index is 13.7. The predicted octanol–water partition coefficient (Wildman–Crippen LogP) is 3.98. The van der Waals surface area contributed by atoms with Gasteiger partial charge in [0.05, 0.1) is 19.2 Å². The monoisotopic (exact) mass is 541 g/mol. The van der Waals surface area contributed by atoms with Crippen LogP contribution in [0.25, 0.3) is 5.52 Å². The minimum absolute atomic E-state index is 0. The number of aromatic nitrogens is 3. The molecule has 2 aromatic heterocycles. The minimum atomic E-state index is -0.289. The predicted molar refractivity (Wildman–Crippen MR) is 148 cm³/mol. The summed E-state index contributed by atoms with van der Waals surface area (Å²) in [4.78, 5) is 29.0.